The van der Waals surface area contributed by atoms with Crippen LogP contribution < -0.4 is 10.6 Å². The maximum Gasteiger partial charge on any atom is 0.244 e. The summed E-state index contributed by atoms with van der Waals surface area (Å²) in [5.41, 5.74) is -0.500. The molecule has 2 amide bonds. The molecule has 120 valence electrons. The lowest BCUT2D eigenvalue weighted by Gasteiger charge is -2.36. The second-order valence-electron chi connectivity index (χ2n) is 6.19. The Bertz CT molecular complexity index is 369. The number of carbonyl (C=O) groups is 2. The summed E-state index contributed by atoms with van der Waals surface area (Å²) in [5, 5.41) is 6.18. The Morgan fingerprint density at radius 3 is 2.48 bits per heavy atom. The standard InChI is InChI=1S/C15H27N3O3/c1-12(13(19)18-9-3-4-10-18)17-14(20)15(11-21-2)5-7-16-8-6-15/h12,16H,3-11H2,1-2H3,(H,17,20). The van der Waals surface area contributed by atoms with Crippen LogP contribution in [0.4, 0.5) is 0 Å². The molecule has 2 aliphatic heterocycles. The molecule has 0 aromatic heterocycles. The second-order valence-corrected chi connectivity index (χ2v) is 6.19. The molecule has 2 N–H and O–H groups in total. The zero-order chi connectivity index (χ0) is 15.3. The SMILES string of the molecule is COCC1(C(=O)NC(C)C(=O)N2CCCC2)CCNCC1. The number of likely N-dealkylation sites (tertiary alicyclic amines) is 1. The summed E-state index contributed by atoms with van der Waals surface area (Å²) >= 11 is 0. The summed E-state index contributed by atoms with van der Waals surface area (Å²) in [5.74, 6) is -0.0201. The molecule has 0 bridgehead atoms. The van der Waals surface area contributed by atoms with Crippen LogP contribution in [0, 0.1) is 5.41 Å². The predicted molar refractivity (Wildman–Crippen MR) is 79.8 cm³/mol. The maximum absolute atomic E-state index is 12.7. The lowest BCUT2D eigenvalue weighted by molar-refractivity contribution is -0.141. The van der Waals surface area contributed by atoms with Gasteiger partial charge in [0.05, 0.1) is 12.0 Å². The zero-order valence-corrected chi connectivity index (χ0v) is 13.1. The lowest BCUT2D eigenvalue weighted by Crippen LogP contribution is -2.55. The summed E-state index contributed by atoms with van der Waals surface area (Å²) in [4.78, 5) is 26.8. The average molecular weight is 297 g/mol. The van der Waals surface area contributed by atoms with Gasteiger partial charge in [0, 0.05) is 20.2 Å². The zero-order valence-electron chi connectivity index (χ0n) is 13.1. The van der Waals surface area contributed by atoms with E-state index in [0.29, 0.717) is 6.61 Å². The molecule has 2 saturated heterocycles. The fourth-order valence-corrected chi connectivity index (χ4v) is 3.24. The van der Waals surface area contributed by atoms with Crippen molar-refractivity contribution in [1.29, 1.82) is 0 Å². The minimum absolute atomic E-state index is 0.0300. The van der Waals surface area contributed by atoms with E-state index in [0.717, 1.165) is 51.9 Å². The van der Waals surface area contributed by atoms with E-state index >= 15 is 0 Å². The Morgan fingerprint density at radius 2 is 1.90 bits per heavy atom. The Balaban J connectivity index is 1.95. The largest absolute Gasteiger partial charge is 0.384 e. The highest BCUT2D eigenvalue weighted by Crippen LogP contribution is 2.29. The number of amides is 2. The first-order chi connectivity index (χ1) is 10.1. The molecule has 2 fully saturated rings. The predicted octanol–water partition coefficient (Wildman–Crippen LogP) is 0.130. The van der Waals surface area contributed by atoms with Crippen molar-refractivity contribution in [3.05, 3.63) is 0 Å². The number of nitrogens with zero attached hydrogens (tertiary/aromatic N) is 1. The Labute approximate surface area is 126 Å². The monoisotopic (exact) mass is 297 g/mol. The van der Waals surface area contributed by atoms with Crippen molar-refractivity contribution in [2.75, 3.05) is 39.9 Å². The van der Waals surface area contributed by atoms with Gasteiger partial charge in [0.1, 0.15) is 6.04 Å². The third kappa shape index (κ3) is 3.74. The first kappa shape index (κ1) is 16.2. The summed E-state index contributed by atoms with van der Waals surface area (Å²) in [7, 11) is 1.62. The van der Waals surface area contributed by atoms with Crippen LogP contribution in [0.5, 0.6) is 0 Å². The van der Waals surface area contributed by atoms with Crippen LogP contribution in [-0.4, -0.2) is 62.7 Å². The summed E-state index contributed by atoms with van der Waals surface area (Å²) in [6.45, 7) is 5.43. The molecule has 2 rings (SSSR count). The van der Waals surface area contributed by atoms with Crippen LogP contribution in [0.15, 0.2) is 0 Å². The lowest BCUT2D eigenvalue weighted by atomic mass is 9.78. The van der Waals surface area contributed by atoms with Gasteiger partial charge in [0.25, 0.3) is 0 Å². The van der Waals surface area contributed by atoms with Gasteiger partial charge in [-0.2, -0.15) is 0 Å². The molecule has 0 saturated carbocycles. The van der Waals surface area contributed by atoms with Crippen LogP contribution in [0.1, 0.15) is 32.6 Å². The topological polar surface area (TPSA) is 70.7 Å². The highest BCUT2D eigenvalue weighted by atomic mass is 16.5. The van der Waals surface area contributed by atoms with Gasteiger partial charge < -0.3 is 20.3 Å². The van der Waals surface area contributed by atoms with Crippen molar-refractivity contribution in [1.82, 2.24) is 15.5 Å². The van der Waals surface area contributed by atoms with Crippen LogP contribution >= 0.6 is 0 Å². The molecular formula is C15H27N3O3. The van der Waals surface area contributed by atoms with Gasteiger partial charge in [-0.15, -0.1) is 0 Å². The molecular weight excluding hydrogens is 270 g/mol. The maximum atomic E-state index is 12.7. The minimum atomic E-state index is -0.500. The van der Waals surface area contributed by atoms with Crippen LogP contribution in [0.25, 0.3) is 0 Å². The van der Waals surface area contributed by atoms with Gasteiger partial charge in [-0.1, -0.05) is 0 Å². The highest BCUT2D eigenvalue weighted by molar-refractivity contribution is 5.90. The molecule has 21 heavy (non-hydrogen) atoms. The van der Waals surface area contributed by atoms with Gasteiger partial charge in [0.2, 0.25) is 11.8 Å². The number of hydrogen-bond acceptors (Lipinski definition) is 4. The van der Waals surface area contributed by atoms with Crippen LogP contribution in [0.2, 0.25) is 0 Å². The third-order valence-corrected chi connectivity index (χ3v) is 4.60. The van der Waals surface area contributed by atoms with E-state index in [-0.39, 0.29) is 11.8 Å². The minimum Gasteiger partial charge on any atom is -0.384 e. The number of rotatable bonds is 5. The van der Waals surface area contributed by atoms with Crippen molar-refractivity contribution in [2.45, 2.75) is 38.6 Å². The molecule has 6 nitrogen and oxygen atoms in total. The van der Waals surface area contributed by atoms with Crippen molar-refractivity contribution in [3.63, 3.8) is 0 Å². The van der Waals surface area contributed by atoms with Gasteiger partial charge in [-0.25, -0.2) is 0 Å². The Kier molecular flexibility index (Phi) is 5.58. The number of piperidine rings is 1. The molecule has 0 aromatic carbocycles. The first-order valence-corrected chi connectivity index (χ1v) is 7.88. The normalized spacial score (nSPS) is 22.9. The van der Waals surface area contributed by atoms with Gasteiger partial charge >= 0.3 is 0 Å². The number of carbonyl (C=O) groups excluding carboxylic acids is 2. The van der Waals surface area contributed by atoms with Crippen LogP contribution in [0.3, 0.4) is 0 Å². The van der Waals surface area contributed by atoms with E-state index in [4.69, 9.17) is 4.74 Å². The van der Waals surface area contributed by atoms with E-state index < -0.39 is 11.5 Å². The Morgan fingerprint density at radius 1 is 1.29 bits per heavy atom. The van der Waals surface area contributed by atoms with Crippen molar-refractivity contribution >= 4 is 11.8 Å². The average Bonchev–Trinajstić information content (AvgIpc) is 3.01. The molecule has 6 heteroatoms. The van der Waals surface area contributed by atoms with Gasteiger partial charge in [-0.05, 0) is 45.7 Å². The molecule has 0 aromatic rings. The van der Waals surface area contributed by atoms with E-state index in [1.54, 1.807) is 14.0 Å². The summed E-state index contributed by atoms with van der Waals surface area (Å²) in [6.07, 6.45) is 3.62. The molecule has 1 atom stereocenters. The molecule has 2 heterocycles. The van der Waals surface area contributed by atoms with Crippen LogP contribution in [-0.2, 0) is 14.3 Å². The molecule has 1 unspecified atom stereocenters. The smallest absolute Gasteiger partial charge is 0.244 e. The molecule has 2 aliphatic rings. The van der Waals surface area contributed by atoms with Gasteiger partial charge in [-0.3, -0.25) is 9.59 Å². The van der Waals surface area contributed by atoms with E-state index in [1.165, 1.54) is 0 Å². The third-order valence-electron chi connectivity index (χ3n) is 4.60. The second kappa shape index (κ2) is 7.22. The number of nitrogens with one attached hydrogen (secondary N) is 2. The fraction of sp³-hybridized carbons (Fsp3) is 0.867. The molecule has 0 radical (unpaired) electrons. The van der Waals surface area contributed by atoms with Crippen molar-refractivity contribution in [3.8, 4) is 0 Å². The Hall–Kier alpha value is -1.14. The summed E-state index contributed by atoms with van der Waals surface area (Å²) in [6, 6.07) is -0.459. The van der Waals surface area contributed by atoms with Crippen molar-refractivity contribution in [2.24, 2.45) is 5.41 Å². The highest BCUT2D eigenvalue weighted by Gasteiger charge is 2.41. The van der Waals surface area contributed by atoms with E-state index in [2.05, 4.69) is 10.6 Å². The quantitative estimate of drug-likeness (QED) is 0.757. The first-order valence-electron chi connectivity index (χ1n) is 7.88. The van der Waals surface area contributed by atoms with E-state index in [9.17, 15) is 9.59 Å². The van der Waals surface area contributed by atoms with E-state index in [1.807, 2.05) is 4.90 Å². The molecule has 0 spiro atoms. The molecule has 0 aliphatic carbocycles. The number of hydrogen-bond donors (Lipinski definition) is 2. The van der Waals surface area contributed by atoms with Gasteiger partial charge in [0.15, 0.2) is 0 Å². The van der Waals surface area contributed by atoms with Crippen molar-refractivity contribution < 1.29 is 14.3 Å². The summed E-state index contributed by atoms with van der Waals surface area (Å²) < 4.78 is 5.26. The fourth-order valence-electron chi connectivity index (χ4n) is 3.24. The number of ether oxygens (including phenoxy) is 1. The number of methoxy groups -OCH3 is 1.